The second-order valence-electron chi connectivity index (χ2n) is 4.01. The van der Waals surface area contributed by atoms with Gasteiger partial charge in [0, 0.05) is 5.56 Å². The maximum Gasteiger partial charge on any atom is 0.319 e. The van der Waals surface area contributed by atoms with Crippen molar-refractivity contribution in [3.05, 3.63) is 48.6 Å². The van der Waals surface area contributed by atoms with Crippen molar-refractivity contribution in [2.45, 2.75) is 13.3 Å². The highest BCUT2D eigenvalue weighted by molar-refractivity contribution is 6.12. The number of ether oxygens (including phenoxy) is 1. The molecule has 1 unspecified atom stereocenters. The van der Waals surface area contributed by atoms with Gasteiger partial charge in [-0.1, -0.05) is 36.4 Å². The molecule has 0 radical (unpaired) electrons. The fourth-order valence-corrected chi connectivity index (χ4v) is 1.69. The zero-order chi connectivity index (χ0) is 12.9. The molecule has 0 amide bonds. The summed E-state index contributed by atoms with van der Waals surface area (Å²) in [7, 11) is 1.28. The van der Waals surface area contributed by atoms with Crippen LogP contribution in [0.1, 0.15) is 23.7 Å². The molecule has 0 saturated carbocycles. The lowest BCUT2D eigenvalue weighted by Crippen LogP contribution is -2.37. The molecule has 0 aliphatic heterocycles. The van der Waals surface area contributed by atoms with E-state index >= 15 is 0 Å². The number of Topliss-reactive ketones (excluding diaryl/α,β-unsaturated/α-hetero) is 1. The van der Waals surface area contributed by atoms with E-state index in [1.54, 1.807) is 37.3 Å². The molecule has 0 spiro atoms. The zero-order valence-corrected chi connectivity index (χ0v) is 10.1. The van der Waals surface area contributed by atoms with Gasteiger partial charge in [0.25, 0.3) is 0 Å². The SMILES string of the molecule is C=CCC(C)(C(=O)OC)C(=O)c1ccccc1. The van der Waals surface area contributed by atoms with E-state index in [-0.39, 0.29) is 12.2 Å². The number of benzene rings is 1. The molecule has 17 heavy (non-hydrogen) atoms. The molecule has 3 heteroatoms. The van der Waals surface area contributed by atoms with Gasteiger partial charge in [-0.05, 0) is 13.3 Å². The molecule has 0 aromatic heterocycles. The van der Waals surface area contributed by atoms with Crippen LogP contribution < -0.4 is 0 Å². The molecule has 0 fully saturated rings. The number of hydrogen-bond acceptors (Lipinski definition) is 3. The van der Waals surface area contributed by atoms with Gasteiger partial charge in [0.1, 0.15) is 5.41 Å². The van der Waals surface area contributed by atoms with Crippen molar-refractivity contribution in [2.75, 3.05) is 7.11 Å². The summed E-state index contributed by atoms with van der Waals surface area (Å²) in [5, 5.41) is 0. The average molecular weight is 232 g/mol. The highest BCUT2D eigenvalue weighted by atomic mass is 16.5. The largest absolute Gasteiger partial charge is 0.468 e. The van der Waals surface area contributed by atoms with E-state index in [0.29, 0.717) is 5.56 Å². The normalized spacial score (nSPS) is 13.5. The molecular formula is C14H16O3. The van der Waals surface area contributed by atoms with Crippen molar-refractivity contribution >= 4 is 11.8 Å². The van der Waals surface area contributed by atoms with Crippen LogP contribution in [0.5, 0.6) is 0 Å². The summed E-state index contributed by atoms with van der Waals surface area (Å²) in [6, 6.07) is 8.72. The molecule has 1 atom stereocenters. The maximum atomic E-state index is 12.3. The van der Waals surface area contributed by atoms with Gasteiger partial charge < -0.3 is 4.74 Å². The lowest BCUT2D eigenvalue weighted by Gasteiger charge is -2.23. The predicted octanol–water partition coefficient (Wildman–Crippen LogP) is 2.62. The van der Waals surface area contributed by atoms with Crippen molar-refractivity contribution in [3.63, 3.8) is 0 Å². The molecule has 0 aliphatic carbocycles. The van der Waals surface area contributed by atoms with Crippen LogP contribution in [-0.2, 0) is 9.53 Å². The molecule has 0 bridgehead atoms. The Kier molecular flexibility index (Phi) is 4.21. The maximum absolute atomic E-state index is 12.3. The first-order valence-corrected chi connectivity index (χ1v) is 5.35. The van der Waals surface area contributed by atoms with Gasteiger partial charge in [0.2, 0.25) is 0 Å². The van der Waals surface area contributed by atoms with E-state index in [1.807, 2.05) is 6.07 Å². The molecule has 0 saturated heterocycles. The van der Waals surface area contributed by atoms with Gasteiger partial charge in [0.05, 0.1) is 7.11 Å². The number of rotatable bonds is 5. The Morgan fingerprint density at radius 3 is 2.41 bits per heavy atom. The highest BCUT2D eigenvalue weighted by Crippen LogP contribution is 2.28. The Balaban J connectivity index is 3.12. The van der Waals surface area contributed by atoms with Gasteiger partial charge in [-0.3, -0.25) is 9.59 Å². The minimum Gasteiger partial charge on any atom is -0.468 e. The number of methoxy groups -OCH3 is 1. The standard InChI is InChI=1S/C14H16O3/c1-4-10-14(2,13(16)17-3)12(15)11-8-6-5-7-9-11/h4-9H,1,10H2,2-3H3. The Hall–Kier alpha value is -1.90. The molecule has 0 aliphatic rings. The van der Waals surface area contributed by atoms with Gasteiger partial charge >= 0.3 is 5.97 Å². The average Bonchev–Trinajstić information content (AvgIpc) is 2.38. The molecule has 0 N–H and O–H groups in total. The van der Waals surface area contributed by atoms with Crippen molar-refractivity contribution in [1.82, 2.24) is 0 Å². The Morgan fingerprint density at radius 2 is 1.94 bits per heavy atom. The monoisotopic (exact) mass is 232 g/mol. The second kappa shape index (κ2) is 5.43. The van der Waals surface area contributed by atoms with E-state index in [9.17, 15) is 9.59 Å². The Labute approximate surface area is 101 Å². The van der Waals surface area contributed by atoms with Crippen LogP contribution in [0.3, 0.4) is 0 Å². The summed E-state index contributed by atoms with van der Waals surface area (Å²) >= 11 is 0. The fourth-order valence-electron chi connectivity index (χ4n) is 1.69. The lowest BCUT2D eigenvalue weighted by atomic mass is 9.79. The van der Waals surface area contributed by atoms with Gasteiger partial charge in [-0.25, -0.2) is 0 Å². The molecule has 0 heterocycles. The van der Waals surface area contributed by atoms with Gasteiger partial charge in [0.15, 0.2) is 5.78 Å². The third-order valence-corrected chi connectivity index (χ3v) is 2.73. The molecule has 1 aromatic rings. The molecule has 3 nitrogen and oxygen atoms in total. The smallest absolute Gasteiger partial charge is 0.319 e. The number of hydrogen-bond donors (Lipinski definition) is 0. The minimum absolute atomic E-state index is 0.246. The summed E-state index contributed by atoms with van der Waals surface area (Å²) in [4.78, 5) is 24.1. The number of ketones is 1. The Morgan fingerprint density at radius 1 is 1.35 bits per heavy atom. The first-order chi connectivity index (χ1) is 8.06. The van der Waals surface area contributed by atoms with E-state index in [4.69, 9.17) is 4.74 Å². The van der Waals surface area contributed by atoms with Crippen LogP contribution in [0.25, 0.3) is 0 Å². The number of allylic oxidation sites excluding steroid dienone is 1. The van der Waals surface area contributed by atoms with Crippen LogP contribution >= 0.6 is 0 Å². The first kappa shape index (κ1) is 13.2. The summed E-state index contributed by atoms with van der Waals surface area (Å²) in [6.07, 6.45) is 1.81. The third kappa shape index (κ3) is 2.61. The van der Waals surface area contributed by atoms with Crippen molar-refractivity contribution in [1.29, 1.82) is 0 Å². The van der Waals surface area contributed by atoms with E-state index in [0.717, 1.165) is 0 Å². The minimum atomic E-state index is -1.20. The summed E-state index contributed by atoms with van der Waals surface area (Å²) < 4.78 is 4.70. The van der Waals surface area contributed by atoms with Crippen LogP contribution in [0.15, 0.2) is 43.0 Å². The summed E-state index contributed by atoms with van der Waals surface area (Å²) in [6.45, 7) is 5.16. The molecular weight excluding hydrogens is 216 g/mol. The lowest BCUT2D eigenvalue weighted by molar-refractivity contribution is -0.148. The quantitative estimate of drug-likeness (QED) is 0.339. The number of esters is 1. The zero-order valence-electron chi connectivity index (χ0n) is 10.1. The van der Waals surface area contributed by atoms with Gasteiger partial charge in [-0.15, -0.1) is 6.58 Å². The van der Waals surface area contributed by atoms with Gasteiger partial charge in [-0.2, -0.15) is 0 Å². The van der Waals surface area contributed by atoms with E-state index in [1.165, 1.54) is 7.11 Å². The van der Waals surface area contributed by atoms with Crippen LogP contribution in [0.2, 0.25) is 0 Å². The van der Waals surface area contributed by atoms with Crippen LogP contribution in [0.4, 0.5) is 0 Å². The van der Waals surface area contributed by atoms with Crippen molar-refractivity contribution < 1.29 is 14.3 Å². The number of carbonyl (C=O) groups excluding carboxylic acids is 2. The fraction of sp³-hybridized carbons (Fsp3) is 0.286. The summed E-state index contributed by atoms with van der Waals surface area (Å²) in [5.74, 6) is -0.781. The molecule has 1 rings (SSSR count). The van der Waals surface area contributed by atoms with Crippen LogP contribution in [0, 0.1) is 5.41 Å². The Bertz CT molecular complexity index is 422. The topological polar surface area (TPSA) is 43.4 Å². The molecule has 90 valence electrons. The number of carbonyl (C=O) groups is 2. The van der Waals surface area contributed by atoms with E-state index < -0.39 is 11.4 Å². The van der Waals surface area contributed by atoms with E-state index in [2.05, 4.69) is 6.58 Å². The van der Waals surface area contributed by atoms with Crippen molar-refractivity contribution in [3.8, 4) is 0 Å². The highest BCUT2D eigenvalue weighted by Gasteiger charge is 2.41. The second-order valence-corrected chi connectivity index (χ2v) is 4.01. The molecule has 1 aromatic carbocycles. The predicted molar refractivity (Wildman–Crippen MR) is 65.7 cm³/mol. The third-order valence-electron chi connectivity index (χ3n) is 2.73. The van der Waals surface area contributed by atoms with Crippen molar-refractivity contribution in [2.24, 2.45) is 5.41 Å². The first-order valence-electron chi connectivity index (χ1n) is 5.35. The summed E-state index contributed by atoms with van der Waals surface area (Å²) in [5.41, 5.74) is -0.694. The van der Waals surface area contributed by atoms with Crippen LogP contribution in [-0.4, -0.2) is 18.9 Å².